The van der Waals surface area contributed by atoms with E-state index in [4.69, 9.17) is 5.73 Å². The molecule has 1 saturated heterocycles. The number of hydrogen-bond acceptors (Lipinski definition) is 4. The highest BCUT2D eigenvalue weighted by Gasteiger charge is 2.30. The van der Waals surface area contributed by atoms with Crippen molar-refractivity contribution < 1.29 is 9.59 Å². The van der Waals surface area contributed by atoms with Crippen molar-refractivity contribution in [2.24, 2.45) is 11.7 Å². The molecular weight excluding hydrogens is 352 g/mol. The standard InChI is InChI=1S/C22H36N4O2/c1-18(2)24(3)22(28)20-10-14-26(15-11-20)21(27)17-25(16-12-23)13-9-19-7-5-4-6-8-19/h4-8,18,20H,9-17,23H2,1-3H3. The smallest absolute Gasteiger partial charge is 0.236 e. The highest BCUT2D eigenvalue weighted by Crippen LogP contribution is 2.20. The zero-order chi connectivity index (χ0) is 20.5. The fourth-order valence-electron chi connectivity index (χ4n) is 3.59. The number of likely N-dealkylation sites (tertiary alicyclic amines) is 1. The minimum atomic E-state index is 0.0367. The number of rotatable bonds is 9. The molecule has 0 saturated carbocycles. The van der Waals surface area contributed by atoms with Crippen molar-refractivity contribution in [1.82, 2.24) is 14.7 Å². The molecule has 156 valence electrons. The van der Waals surface area contributed by atoms with Crippen LogP contribution in [0.3, 0.4) is 0 Å². The third-order valence-corrected chi connectivity index (χ3v) is 5.68. The van der Waals surface area contributed by atoms with Crippen molar-refractivity contribution in [3.63, 3.8) is 0 Å². The molecule has 0 aliphatic carbocycles. The number of carbonyl (C=O) groups is 2. The molecule has 1 aromatic rings. The average molecular weight is 389 g/mol. The lowest BCUT2D eigenvalue weighted by atomic mass is 9.95. The Balaban J connectivity index is 1.81. The van der Waals surface area contributed by atoms with Gasteiger partial charge in [0.2, 0.25) is 11.8 Å². The first kappa shape index (κ1) is 22.4. The van der Waals surface area contributed by atoms with Crippen molar-refractivity contribution in [2.45, 2.75) is 39.2 Å². The predicted molar refractivity (Wildman–Crippen MR) is 113 cm³/mol. The third kappa shape index (κ3) is 6.60. The normalized spacial score (nSPS) is 15.3. The van der Waals surface area contributed by atoms with Crippen LogP contribution in [0, 0.1) is 5.92 Å². The van der Waals surface area contributed by atoms with Crippen LogP contribution in [-0.2, 0) is 16.0 Å². The molecule has 0 atom stereocenters. The van der Waals surface area contributed by atoms with Crippen molar-refractivity contribution in [1.29, 1.82) is 0 Å². The van der Waals surface area contributed by atoms with Gasteiger partial charge in [0.1, 0.15) is 0 Å². The first-order valence-corrected chi connectivity index (χ1v) is 10.4. The van der Waals surface area contributed by atoms with E-state index in [-0.39, 0.29) is 23.8 Å². The first-order chi connectivity index (χ1) is 13.4. The van der Waals surface area contributed by atoms with E-state index in [2.05, 4.69) is 17.0 Å². The topological polar surface area (TPSA) is 69.9 Å². The minimum absolute atomic E-state index is 0.0367. The molecular formula is C22H36N4O2. The SMILES string of the molecule is CC(C)N(C)C(=O)C1CCN(C(=O)CN(CCN)CCc2ccccc2)CC1. The Morgan fingerprint density at radius 1 is 1.14 bits per heavy atom. The maximum Gasteiger partial charge on any atom is 0.236 e. The molecule has 0 bridgehead atoms. The summed E-state index contributed by atoms with van der Waals surface area (Å²) in [6.45, 7) is 7.85. The van der Waals surface area contributed by atoms with Gasteiger partial charge in [-0.2, -0.15) is 0 Å². The molecule has 0 radical (unpaired) electrons. The fourth-order valence-corrected chi connectivity index (χ4v) is 3.59. The van der Waals surface area contributed by atoms with E-state index in [9.17, 15) is 9.59 Å². The van der Waals surface area contributed by atoms with E-state index >= 15 is 0 Å². The molecule has 0 aromatic heterocycles. The van der Waals surface area contributed by atoms with E-state index in [0.717, 1.165) is 25.8 Å². The molecule has 0 unspecified atom stereocenters. The number of nitrogens with two attached hydrogens (primary N) is 1. The summed E-state index contributed by atoms with van der Waals surface area (Å²) in [6, 6.07) is 10.5. The number of carbonyl (C=O) groups excluding carboxylic acids is 2. The first-order valence-electron chi connectivity index (χ1n) is 10.4. The summed E-state index contributed by atoms with van der Waals surface area (Å²) in [4.78, 5) is 31.1. The van der Waals surface area contributed by atoms with Gasteiger partial charge in [-0.3, -0.25) is 14.5 Å². The quantitative estimate of drug-likeness (QED) is 0.698. The molecule has 0 spiro atoms. The van der Waals surface area contributed by atoms with Crippen LogP contribution in [0.4, 0.5) is 0 Å². The van der Waals surface area contributed by atoms with Crippen LogP contribution in [0.25, 0.3) is 0 Å². The van der Waals surface area contributed by atoms with E-state index in [1.165, 1.54) is 5.56 Å². The summed E-state index contributed by atoms with van der Waals surface area (Å²) in [6.07, 6.45) is 2.41. The second-order valence-electron chi connectivity index (χ2n) is 8.00. The minimum Gasteiger partial charge on any atom is -0.343 e. The number of piperidine rings is 1. The zero-order valence-corrected chi connectivity index (χ0v) is 17.6. The van der Waals surface area contributed by atoms with Gasteiger partial charge in [0.15, 0.2) is 0 Å². The number of amides is 2. The Morgan fingerprint density at radius 2 is 1.79 bits per heavy atom. The molecule has 1 heterocycles. The molecule has 6 heteroatoms. The van der Waals surface area contributed by atoms with Crippen LogP contribution in [0.15, 0.2) is 30.3 Å². The Bertz CT molecular complexity index is 612. The van der Waals surface area contributed by atoms with Gasteiger partial charge in [-0.1, -0.05) is 30.3 Å². The molecule has 1 aliphatic heterocycles. The largest absolute Gasteiger partial charge is 0.343 e. The van der Waals surface area contributed by atoms with Crippen molar-refractivity contribution >= 4 is 11.8 Å². The fraction of sp³-hybridized carbons (Fsp3) is 0.636. The van der Waals surface area contributed by atoms with Crippen LogP contribution in [-0.4, -0.2) is 78.9 Å². The lowest BCUT2D eigenvalue weighted by Crippen LogP contribution is -2.48. The lowest BCUT2D eigenvalue weighted by molar-refractivity contribution is -0.141. The molecule has 1 aliphatic rings. The second-order valence-corrected chi connectivity index (χ2v) is 8.00. The number of hydrogen-bond donors (Lipinski definition) is 1. The van der Waals surface area contributed by atoms with E-state index in [0.29, 0.717) is 32.7 Å². The van der Waals surface area contributed by atoms with Gasteiger partial charge in [0, 0.05) is 51.7 Å². The van der Waals surface area contributed by atoms with Gasteiger partial charge < -0.3 is 15.5 Å². The predicted octanol–water partition coefficient (Wildman–Crippen LogP) is 1.60. The van der Waals surface area contributed by atoms with Gasteiger partial charge >= 0.3 is 0 Å². The van der Waals surface area contributed by atoms with Gasteiger partial charge in [0.05, 0.1) is 6.54 Å². The highest BCUT2D eigenvalue weighted by atomic mass is 16.2. The van der Waals surface area contributed by atoms with Crippen molar-refractivity contribution in [3.8, 4) is 0 Å². The third-order valence-electron chi connectivity index (χ3n) is 5.68. The van der Waals surface area contributed by atoms with Crippen LogP contribution < -0.4 is 5.73 Å². The highest BCUT2D eigenvalue weighted by molar-refractivity contribution is 5.81. The summed E-state index contributed by atoms with van der Waals surface area (Å²) in [5, 5.41) is 0. The van der Waals surface area contributed by atoms with Gasteiger partial charge in [-0.05, 0) is 38.7 Å². The number of nitrogens with zero attached hydrogens (tertiary/aromatic N) is 3. The van der Waals surface area contributed by atoms with Gasteiger partial charge in [-0.25, -0.2) is 0 Å². The monoisotopic (exact) mass is 388 g/mol. The van der Waals surface area contributed by atoms with E-state index < -0.39 is 0 Å². The molecule has 6 nitrogen and oxygen atoms in total. The molecule has 1 aromatic carbocycles. The summed E-state index contributed by atoms with van der Waals surface area (Å²) >= 11 is 0. The van der Waals surface area contributed by atoms with Crippen molar-refractivity contribution in [3.05, 3.63) is 35.9 Å². The summed E-state index contributed by atoms with van der Waals surface area (Å²) < 4.78 is 0. The summed E-state index contributed by atoms with van der Waals surface area (Å²) in [5.74, 6) is 0.383. The Hall–Kier alpha value is -1.92. The average Bonchev–Trinajstić information content (AvgIpc) is 2.71. The maximum atomic E-state index is 12.8. The zero-order valence-electron chi connectivity index (χ0n) is 17.6. The van der Waals surface area contributed by atoms with E-state index in [1.807, 2.05) is 48.9 Å². The summed E-state index contributed by atoms with van der Waals surface area (Å²) in [5.41, 5.74) is 7.02. The van der Waals surface area contributed by atoms with Crippen molar-refractivity contribution in [2.75, 3.05) is 46.3 Å². The van der Waals surface area contributed by atoms with Gasteiger partial charge in [-0.15, -0.1) is 0 Å². The van der Waals surface area contributed by atoms with Crippen LogP contribution >= 0.6 is 0 Å². The summed E-state index contributed by atoms with van der Waals surface area (Å²) in [7, 11) is 1.86. The van der Waals surface area contributed by atoms with E-state index in [1.54, 1.807) is 0 Å². The molecule has 28 heavy (non-hydrogen) atoms. The second kappa shape index (κ2) is 11.2. The Labute approximate surface area is 169 Å². The Kier molecular flexibility index (Phi) is 8.93. The van der Waals surface area contributed by atoms with Gasteiger partial charge in [0.25, 0.3) is 0 Å². The molecule has 2 N–H and O–H groups in total. The lowest BCUT2D eigenvalue weighted by Gasteiger charge is -2.35. The van der Waals surface area contributed by atoms with Crippen LogP contribution in [0.1, 0.15) is 32.3 Å². The Morgan fingerprint density at radius 3 is 2.36 bits per heavy atom. The molecule has 2 rings (SSSR count). The maximum absolute atomic E-state index is 12.8. The molecule has 2 amide bonds. The van der Waals surface area contributed by atoms with Crippen LogP contribution in [0.2, 0.25) is 0 Å². The van der Waals surface area contributed by atoms with Crippen LogP contribution in [0.5, 0.6) is 0 Å². The number of benzene rings is 1. The molecule has 1 fully saturated rings.